The molecule has 0 fully saturated rings. The lowest BCUT2D eigenvalue weighted by Gasteiger charge is -2.02. The Morgan fingerprint density at radius 1 is 1.29 bits per heavy atom. The van der Waals surface area contributed by atoms with E-state index in [0.29, 0.717) is 5.69 Å². The molecule has 1 aromatic carbocycles. The van der Waals surface area contributed by atoms with E-state index in [0.717, 1.165) is 5.56 Å². The summed E-state index contributed by atoms with van der Waals surface area (Å²) in [6.07, 6.45) is 1.62. The van der Waals surface area contributed by atoms with Crippen molar-refractivity contribution in [2.45, 2.75) is 6.92 Å². The molecule has 0 saturated carbocycles. The molecule has 2 N–H and O–H groups in total. The third-order valence-corrected chi connectivity index (χ3v) is 2.27. The fourth-order valence-corrected chi connectivity index (χ4v) is 1.41. The van der Waals surface area contributed by atoms with Crippen molar-refractivity contribution in [2.75, 3.05) is 0 Å². The van der Waals surface area contributed by atoms with Gasteiger partial charge in [-0.05, 0) is 36.8 Å². The fraction of sp³-hybridized carbons (Fsp3) is 0.0769. The van der Waals surface area contributed by atoms with E-state index in [1.54, 1.807) is 36.5 Å². The number of nitrogens with zero attached hydrogens (tertiary/aromatic N) is 2. The first kappa shape index (κ1) is 11.3. The van der Waals surface area contributed by atoms with E-state index in [1.807, 2.05) is 6.92 Å². The Balaban J connectivity index is 2.39. The number of benzene rings is 1. The van der Waals surface area contributed by atoms with Crippen LogP contribution in [0.1, 0.15) is 11.3 Å². The number of aromatic nitrogens is 1. The summed E-state index contributed by atoms with van der Waals surface area (Å²) in [6, 6.07) is 10.0. The lowest BCUT2D eigenvalue weighted by atomic mass is 10.2. The summed E-state index contributed by atoms with van der Waals surface area (Å²) in [5.41, 5.74) is 7.46. The molecule has 0 aliphatic heterocycles. The van der Waals surface area contributed by atoms with Crippen molar-refractivity contribution in [3.8, 4) is 0 Å². The molecule has 0 spiro atoms. The third-order valence-electron chi connectivity index (χ3n) is 2.27. The van der Waals surface area contributed by atoms with Gasteiger partial charge in [0.1, 0.15) is 23.0 Å². The second-order valence-corrected chi connectivity index (χ2v) is 3.67. The van der Waals surface area contributed by atoms with Crippen molar-refractivity contribution in [3.05, 3.63) is 59.7 Å². The minimum atomic E-state index is -0.394. The Hall–Kier alpha value is -2.23. The zero-order valence-corrected chi connectivity index (χ0v) is 9.39. The second kappa shape index (κ2) is 4.74. The van der Waals surface area contributed by atoms with Gasteiger partial charge in [0.2, 0.25) is 0 Å². The Bertz CT molecular complexity index is 550. The smallest absolute Gasteiger partial charge is 0.150 e. The van der Waals surface area contributed by atoms with E-state index in [9.17, 15) is 4.39 Å². The number of aliphatic imine (C=N–C) groups is 1. The molecule has 2 aromatic rings. The van der Waals surface area contributed by atoms with Crippen LogP contribution in [0.3, 0.4) is 0 Å². The summed E-state index contributed by atoms with van der Waals surface area (Å²) in [5.74, 6) is -0.190. The Kier molecular flexibility index (Phi) is 3.14. The molecular formula is C13H12FN3. The number of nitrogens with two attached hydrogens (primary N) is 1. The minimum absolute atomic E-state index is 0.204. The maximum atomic E-state index is 13.5. The van der Waals surface area contributed by atoms with E-state index in [4.69, 9.17) is 5.73 Å². The minimum Gasteiger partial charge on any atom is -0.382 e. The van der Waals surface area contributed by atoms with Crippen LogP contribution in [0, 0.1) is 12.7 Å². The lowest BCUT2D eigenvalue weighted by molar-refractivity contribution is 0.629. The number of halogens is 1. The molecule has 3 nitrogen and oxygen atoms in total. The van der Waals surface area contributed by atoms with Crippen LogP contribution >= 0.6 is 0 Å². The van der Waals surface area contributed by atoms with Crippen LogP contribution in [0.2, 0.25) is 0 Å². The van der Waals surface area contributed by atoms with Gasteiger partial charge in [-0.15, -0.1) is 0 Å². The first-order chi connectivity index (χ1) is 8.16. The summed E-state index contributed by atoms with van der Waals surface area (Å²) in [6.45, 7) is 1.87. The quantitative estimate of drug-likeness (QED) is 0.635. The third kappa shape index (κ3) is 2.66. The van der Waals surface area contributed by atoms with Gasteiger partial charge in [0.25, 0.3) is 0 Å². The summed E-state index contributed by atoms with van der Waals surface area (Å²) < 4.78 is 13.5. The van der Waals surface area contributed by atoms with Crippen LogP contribution in [0.25, 0.3) is 0 Å². The van der Waals surface area contributed by atoms with Crippen LogP contribution < -0.4 is 5.73 Å². The molecule has 4 heteroatoms. The first-order valence-electron chi connectivity index (χ1n) is 5.18. The van der Waals surface area contributed by atoms with E-state index in [2.05, 4.69) is 9.98 Å². The van der Waals surface area contributed by atoms with Crippen molar-refractivity contribution < 1.29 is 4.39 Å². The predicted octanol–water partition coefficient (Wildman–Crippen LogP) is 2.57. The molecular weight excluding hydrogens is 217 g/mol. The van der Waals surface area contributed by atoms with Crippen LogP contribution in [0.5, 0.6) is 0 Å². The normalized spacial score (nSPS) is 11.5. The Labute approximate surface area is 98.8 Å². The number of hydrogen-bond donors (Lipinski definition) is 1. The molecule has 0 unspecified atom stereocenters. The van der Waals surface area contributed by atoms with Crippen LogP contribution in [-0.4, -0.2) is 10.8 Å². The van der Waals surface area contributed by atoms with Crippen molar-refractivity contribution in [1.82, 2.24) is 4.98 Å². The average Bonchev–Trinajstić information content (AvgIpc) is 2.35. The molecule has 1 heterocycles. The van der Waals surface area contributed by atoms with Crippen molar-refractivity contribution in [1.29, 1.82) is 0 Å². The zero-order chi connectivity index (χ0) is 12.3. The van der Waals surface area contributed by atoms with Gasteiger partial charge < -0.3 is 5.73 Å². The van der Waals surface area contributed by atoms with Gasteiger partial charge in [0.15, 0.2) is 0 Å². The molecule has 0 saturated heterocycles. The molecule has 0 amide bonds. The first-order valence-corrected chi connectivity index (χ1v) is 5.18. The predicted molar refractivity (Wildman–Crippen MR) is 65.8 cm³/mol. The summed E-state index contributed by atoms with van der Waals surface area (Å²) in [4.78, 5) is 8.10. The molecule has 0 aliphatic carbocycles. The van der Waals surface area contributed by atoms with Crippen LogP contribution in [-0.2, 0) is 0 Å². The van der Waals surface area contributed by atoms with Crippen LogP contribution in [0.4, 0.5) is 10.1 Å². The summed E-state index contributed by atoms with van der Waals surface area (Å²) in [7, 11) is 0. The van der Waals surface area contributed by atoms with Crippen LogP contribution in [0.15, 0.2) is 47.6 Å². The van der Waals surface area contributed by atoms with Gasteiger partial charge in [0, 0.05) is 6.20 Å². The highest BCUT2D eigenvalue weighted by Crippen LogP contribution is 2.19. The highest BCUT2D eigenvalue weighted by Gasteiger charge is 2.03. The molecule has 17 heavy (non-hydrogen) atoms. The molecule has 0 aliphatic rings. The lowest BCUT2D eigenvalue weighted by Crippen LogP contribution is -2.14. The molecule has 0 atom stereocenters. The van der Waals surface area contributed by atoms with Gasteiger partial charge in [-0.2, -0.15) is 0 Å². The SMILES string of the molecule is Cc1ccc(F)c(N=C(N)c2ccccn2)c1. The monoisotopic (exact) mass is 229 g/mol. The number of hydrogen-bond acceptors (Lipinski definition) is 2. The zero-order valence-electron chi connectivity index (χ0n) is 9.39. The second-order valence-electron chi connectivity index (χ2n) is 3.67. The molecule has 2 rings (SSSR count). The molecule has 1 aromatic heterocycles. The Morgan fingerprint density at radius 3 is 2.82 bits per heavy atom. The highest BCUT2D eigenvalue weighted by molar-refractivity contribution is 5.97. The summed E-state index contributed by atoms with van der Waals surface area (Å²) in [5, 5.41) is 0. The summed E-state index contributed by atoms with van der Waals surface area (Å²) >= 11 is 0. The van der Waals surface area contributed by atoms with Gasteiger partial charge in [-0.3, -0.25) is 4.98 Å². The fourth-order valence-electron chi connectivity index (χ4n) is 1.41. The average molecular weight is 229 g/mol. The van der Waals surface area contributed by atoms with Crippen molar-refractivity contribution in [3.63, 3.8) is 0 Å². The number of aryl methyl sites for hydroxylation is 1. The number of pyridine rings is 1. The van der Waals surface area contributed by atoms with Crippen molar-refractivity contribution in [2.24, 2.45) is 10.7 Å². The van der Waals surface area contributed by atoms with Gasteiger partial charge >= 0.3 is 0 Å². The molecule has 0 radical (unpaired) electrons. The maximum absolute atomic E-state index is 13.5. The maximum Gasteiger partial charge on any atom is 0.150 e. The van der Waals surface area contributed by atoms with E-state index in [1.165, 1.54) is 6.07 Å². The van der Waals surface area contributed by atoms with Gasteiger partial charge in [0.05, 0.1) is 0 Å². The highest BCUT2D eigenvalue weighted by atomic mass is 19.1. The Morgan fingerprint density at radius 2 is 2.12 bits per heavy atom. The van der Waals surface area contributed by atoms with Crippen molar-refractivity contribution >= 4 is 11.5 Å². The van der Waals surface area contributed by atoms with Gasteiger partial charge in [-0.25, -0.2) is 9.38 Å². The molecule has 86 valence electrons. The van der Waals surface area contributed by atoms with Gasteiger partial charge in [-0.1, -0.05) is 12.1 Å². The molecule has 0 bridgehead atoms. The largest absolute Gasteiger partial charge is 0.382 e. The van der Waals surface area contributed by atoms with E-state index >= 15 is 0 Å². The standard InChI is InChI=1S/C13H12FN3/c1-9-5-6-10(14)12(8-9)17-13(15)11-4-2-3-7-16-11/h2-8H,1H3,(H2,15,17). The van der Waals surface area contributed by atoms with E-state index < -0.39 is 5.82 Å². The number of rotatable bonds is 2. The topological polar surface area (TPSA) is 51.3 Å². The van der Waals surface area contributed by atoms with E-state index in [-0.39, 0.29) is 11.5 Å². The number of amidine groups is 1.